The molecule has 0 aliphatic carbocycles. The van der Waals surface area contributed by atoms with Gasteiger partial charge < -0.3 is 4.90 Å². The number of rotatable bonds is 3. The molecule has 7 heteroatoms. The van der Waals surface area contributed by atoms with E-state index in [0.717, 1.165) is 37.3 Å². The molecule has 1 fully saturated rings. The fraction of sp³-hybridized carbons (Fsp3) is 0.583. The van der Waals surface area contributed by atoms with E-state index in [-0.39, 0.29) is 10.3 Å². The zero-order valence-electron chi connectivity index (χ0n) is 11.0. The molecule has 1 aromatic rings. The summed E-state index contributed by atoms with van der Waals surface area (Å²) >= 11 is 1.03. The van der Waals surface area contributed by atoms with Crippen LogP contribution in [0.1, 0.15) is 17.7 Å². The summed E-state index contributed by atoms with van der Waals surface area (Å²) in [6.45, 7) is 1.83. The number of nitrogens with zero attached hydrogens (tertiary/aromatic N) is 3. The van der Waals surface area contributed by atoms with Gasteiger partial charge in [0.25, 0.3) is 10.0 Å². The summed E-state index contributed by atoms with van der Waals surface area (Å²) in [6, 6.07) is 5.10. The third-order valence-corrected chi connectivity index (χ3v) is 6.89. The van der Waals surface area contributed by atoms with E-state index in [1.807, 2.05) is 13.1 Å². The van der Waals surface area contributed by atoms with Gasteiger partial charge in [0.1, 0.15) is 15.2 Å². The molecule has 2 rings (SSSR count). The molecule has 0 amide bonds. The van der Waals surface area contributed by atoms with Crippen LogP contribution in [-0.2, 0) is 10.0 Å². The molecule has 19 heavy (non-hydrogen) atoms. The molecule has 0 aromatic carbocycles. The zero-order chi connectivity index (χ0) is 14.0. The van der Waals surface area contributed by atoms with E-state index in [1.165, 1.54) is 10.4 Å². The van der Waals surface area contributed by atoms with Crippen molar-refractivity contribution < 1.29 is 8.42 Å². The van der Waals surface area contributed by atoms with E-state index < -0.39 is 10.0 Å². The van der Waals surface area contributed by atoms with E-state index in [0.29, 0.717) is 4.88 Å². The molecule has 0 spiro atoms. The van der Waals surface area contributed by atoms with E-state index >= 15 is 0 Å². The predicted octanol–water partition coefficient (Wildman–Crippen LogP) is 1.33. The highest BCUT2D eigenvalue weighted by atomic mass is 32.2. The van der Waals surface area contributed by atoms with Crippen LogP contribution in [0.15, 0.2) is 16.3 Å². The lowest BCUT2D eigenvalue weighted by Crippen LogP contribution is -2.44. The summed E-state index contributed by atoms with van der Waals surface area (Å²) in [4.78, 5) is 2.63. The van der Waals surface area contributed by atoms with Crippen molar-refractivity contribution in [3.8, 4) is 6.07 Å². The first kappa shape index (κ1) is 14.5. The van der Waals surface area contributed by atoms with Gasteiger partial charge in [0.15, 0.2) is 0 Å². The molecule has 2 heterocycles. The summed E-state index contributed by atoms with van der Waals surface area (Å²) in [7, 11) is 0.218. The maximum Gasteiger partial charge on any atom is 0.252 e. The lowest BCUT2D eigenvalue weighted by molar-refractivity contribution is 0.198. The second-order valence-corrected chi connectivity index (χ2v) is 8.09. The Kier molecular flexibility index (Phi) is 4.26. The monoisotopic (exact) mass is 299 g/mol. The molecule has 0 unspecified atom stereocenters. The van der Waals surface area contributed by atoms with Crippen LogP contribution in [0.3, 0.4) is 0 Å². The van der Waals surface area contributed by atoms with Gasteiger partial charge in [-0.2, -0.15) is 9.57 Å². The number of nitriles is 1. The Morgan fingerprint density at radius 3 is 2.58 bits per heavy atom. The van der Waals surface area contributed by atoms with Crippen LogP contribution in [-0.4, -0.2) is 50.8 Å². The lowest BCUT2D eigenvalue weighted by Gasteiger charge is -2.34. The molecule has 0 bridgehead atoms. The highest BCUT2D eigenvalue weighted by molar-refractivity contribution is 7.91. The average molecular weight is 299 g/mol. The lowest BCUT2D eigenvalue weighted by atomic mass is 10.1. The normalized spacial score (nSPS) is 18.6. The van der Waals surface area contributed by atoms with Gasteiger partial charge in [-0.3, -0.25) is 0 Å². The van der Waals surface area contributed by atoms with Crippen molar-refractivity contribution >= 4 is 21.4 Å². The number of hydrogen-bond donors (Lipinski definition) is 0. The Balaban J connectivity index is 2.17. The van der Waals surface area contributed by atoms with Crippen molar-refractivity contribution in [2.45, 2.75) is 23.1 Å². The van der Waals surface area contributed by atoms with Crippen molar-refractivity contribution in [2.24, 2.45) is 0 Å². The largest absolute Gasteiger partial charge is 0.306 e. The molecule has 0 N–H and O–H groups in total. The fourth-order valence-electron chi connectivity index (χ4n) is 2.22. The summed E-state index contributed by atoms with van der Waals surface area (Å²) in [5.74, 6) is 0. The molecule has 1 saturated heterocycles. The predicted molar refractivity (Wildman–Crippen MR) is 74.5 cm³/mol. The topological polar surface area (TPSA) is 64.4 Å². The smallest absolute Gasteiger partial charge is 0.252 e. The van der Waals surface area contributed by atoms with Crippen LogP contribution in [0.2, 0.25) is 0 Å². The molecule has 0 radical (unpaired) electrons. The first-order valence-corrected chi connectivity index (χ1v) is 8.37. The van der Waals surface area contributed by atoms with Crippen molar-refractivity contribution in [3.63, 3.8) is 0 Å². The van der Waals surface area contributed by atoms with Crippen molar-refractivity contribution in [1.29, 1.82) is 5.26 Å². The third-order valence-electron chi connectivity index (χ3n) is 3.53. The minimum atomic E-state index is -3.46. The van der Waals surface area contributed by atoms with Crippen molar-refractivity contribution in [2.75, 3.05) is 27.2 Å². The van der Waals surface area contributed by atoms with Gasteiger partial charge in [0.05, 0.1) is 0 Å². The molecular weight excluding hydrogens is 282 g/mol. The first-order valence-electron chi connectivity index (χ1n) is 6.11. The van der Waals surface area contributed by atoms with Crippen LogP contribution in [0.5, 0.6) is 0 Å². The second kappa shape index (κ2) is 5.59. The fourth-order valence-corrected chi connectivity index (χ4v) is 4.92. The van der Waals surface area contributed by atoms with Gasteiger partial charge in [0.2, 0.25) is 0 Å². The average Bonchev–Trinajstić information content (AvgIpc) is 2.88. The highest BCUT2D eigenvalue weighted by Gasteiger charge is 2.31. The van der Waals surface area contributed by atoms with Gasteiger partial charge in [-0.25, -0.2) is 8.42 Å². The Morgan fingerprint density at radius 2 is 2.05 bits per heavy atom. The summed E-state index contributed by atoms with van der Waals surface area (Å²) in [5.41, 5.74) is 0. The van der Waals surface area contributed by atoms with E-state index in [2.05, 4.69) is 4.90 Å². The van der Waals surface area contributed by atoms with E-state index in [9.17, 15) is 8.42 Å². The Labute approximate surface area is 118 Å². The van der Waals surface area contributed by atoms with Crippen LogP contribution in [0.25, 0.3) is 0 Å². The number of likely N-dealkylation sites (tertiary alicyclic amines) is 1. The number of hydrogen-bond acceptors (Lipinski definition) is 5. The maximum absolute atomic E-state index is 12.5. The number of thiophene rings is 1. The third kappa shape index (κ3) is 2.98. The zero-order valence-corrected chi connectivity index (χ0v) is 12.7. The van der Waals surface area contributed by atoms with Gasteiger partial charge in [-0.05, 0) is 45.1 Å². The Hall–Kier alpha value is -0.940. The quantitative estimate of drug-likeness (QED) is 0.845. The first-order chi connectivity index (χ1) is 8.95. The standard InChI is InChI=1S/C12H17N3O2S2/c1-14-7-5-10(6-8-14)15(2)19(16,17)12-4-3-11(9-13)18-12/h3-4,10H,5-8H2,1-2H3. The molecular formula is C12H17N3O2S2. The SMILES string of the molecule is CN1CCC(N(C)S(=O)(=O)c2ccc(C#N)s2)CC1. The minimum absolute atomic E-state index is 0.0498. The molecule has 0 atom stereocenters. The van der Waals surface area contributed by atoms with Crippen LogP contribution >= 0.6 is 11.3 Å². The van der Waals surface area contributed by atoms with Crippen molar-refractivity contribution in [1.82, 2.24) is 9.21 Å². The van der Waals surface area contributed by atoms with Crippen LogP contribution in [0, 0.1) is 11.3 Å². The van der Waals surface area contributed by atoms with Crippen LogP contribution < -0.4 is 0 Å². The van der Waals surface area contributed by atoms with Crippen LogP contribution in [0.4, 0.5) is 0 Å². The van der Waals surface area contributed by atoms with Gasteiger partial charge in [-0.15, -0.1) is 11.3 Å². The van der Waals surface area contributed by atoms with Crippen molar-refractivity contribution in [3.05, 3.63) is 17.0 Å². The molecule has 1 aliphatic heterocycles. The maximum atomic E-state index is 12.5. The number of sulfonamides is 1. The summed E-state index contributed by atoms with van der Waals surface area (Å²) < 4.78 is 26.6. The molecule has 0 saturated carbocycles. The molecule has 1 aromatic heterocycles. The number of piperidine rings is 1. The second-order valence-electron chi connectivity index (χ2n) is 4.79. The van der Waals surface area contributed by atoms with E-state index in [1.54, 1.807) is 13.1 Å². The summed E-state index contributed by atoms with van der Waals surface area (Å²) in [5, 5.41) is 8.78. The van der Waals surface area contributed by atoms with Gasteiger partial charge in [-0.1, -0.05) is 0 Å². The minimum Gasteiger partial charge on any atom is -0.306 e. The van der Waals surface area contributed by atoms with Gasteiger partial charge in [0, 0.05) is 13.1 Å². The molecule has 5 nitrogen and oxygen atoms in total. The summed E-state index contributed by atoms with van der Waals surface area (Å²) in [6.07, 6.45) is 1.70. The Morgan fingerprint density at radius 1 is 1.42 bits per heavy atom. The molecule has 104 valence electrons. The highest BCUT2D eigenvalue weighted by Crippen LogP contribution is 2.27. The Bertz CT molecular complexity index is 580. The van der Waals surface area contributed by atoms with E-state index in [4.69, 9.17) is 5.26 Å². The molecule has 1 aliphatic rings. The van der Waals surface area contributed by atoms with Gasteiger partial charge >= 0.3 is 0 Å².